The molecule has 0 amide bonds. The molecule has 6 nitrogen and oxygen atoms in total. The number of nitrogens with zero attached hydrogens (tertiary/aromatic N) is 3. The van der Waals surface area contributed by atoms with Gasteiger partial charge in [-0.1, -0.05) is 6.07 Å². The molecular formula is C18H18N6. The van der Waals surface area contributed by atoms with E-state index in [1.165, 1.54) is 11.3 Å². The largest absolute Gasteiger partial charge is 0.384 e. The lowest BCUT2D eigenvalue weighted by molar-refractivity contribution is 1.02. The van der Waals surface area contributed by atoms with Crippen LogP contribution < -0.4 is 16.0 Å². The molecule has 24 heavy (non-hydrogen) atoms. The molecule has 0 saturated carbocycles. The van der Waals surface area contributed by atoms with Crippen LogP contribution in [0.2, 0.25) is 0 Å². The molecule has 6 heteroatoms. The summed E-state index contributed by atoms with van der Waals surface area (Å²) in [5.74, 6) is 1.34. The molecule has 1 aromatic carbocycles. The fraction of sp³-hybridized carbons (Fsp3) is 0.167. The van der Waals surface area contributed by atoms with Gasteiger partial charge in [-0.2, -0.15) is 4.98 Å². The number of rotatable bonds is 5. The number of hydrogen-bond donors (Lipinski definition) is 3. The lowest BCUT2D eigenvalue weighted by Gasteiger charge is -2.09. The summed E-state index contributed by atoms with van der Waals surface area (Å²) in [6.45, 7) is 1.63. The van der Waals surface area contributed by atoms with Crippen LogP contribution in [-0.2, 0) is 13.0 Å². The van der Waals surface area contributed by atoms with E-state index in [1.54, 1.807) is 12.4 Å². The fourth-order valence-electron chi connectivity index (χ4n) is 2.71. The lowest BCUT2D eigenvalue weighted by Crippen LogP contribution is -2.05. The van der Waals surface area contributed by atoms with Gasteiger partial charge in [-0.3, -0.25) is 4.98 Å². The average Bonchev–Trinajstić information content (AvgIpc) is 3.09. The van der Waals surface area contributed by atoms with E-state index in [0.29, 0.717) is 12.5 Å². The summed E-state index contributed by atoms with van der Waals surface area (Å²) >= 11 is 0. The monoisotopic (exact) mass is 318 g/mol. The van der Waals surface area contributed by atoms with Gasteiger partial charge in [-0.25, -0.2) is 4.98 Å². The second kappa shape index (κ2) is 6.54. The maximum atomic E-state index is 4.50. The lowest BCUT2D eigenvalue weighted by atomic mass is 10.1. The molecule has 3 heterocycles. The first kappa shape index (κ1) is 14.4. The molecule has 0 aliphatic carbocycles. The van der Waals surface area contributed by atoms with Gasteiger partial charge in [0.05, 0.1) is 12.2 Å². The van der Waals surface area contributed by atoms with Crippen molar-refractivity contribution in [3.63, 3.8) is 0 Å². The van der Waals surface area contributed by atoms with Crippen molar-refractivity contribution in [2.24, 2.45) is 0 Å². The molecule has 1 aliphatic heterocycles. The molecule has 2 aromatic heterocycles. The number of anilines is 4. The summed E-state index contributed by atoms with van der Waals surface area (Å²) in [5.41, 5.74) is 4.51. The predicted molar refractivity (Wildman–Crippen MR) is 95.5 cm³/mol. The van der Waals surface area contributed by atoms with E-state index in [4.69, 9.17) is 0 Å². The van der Waals surface area contributed by atoms with Crippen LogP contribution in [-0.4, -0.2) is 21.5 Å². The van der Waals surface area contributed by atoms with E-state index in [9.17, 15) is 0 Å². The Balaban J connectivity index is 1.44. The number of aromatic nitrogens is 3. The zero-order chi connectivity index (χ0) is 16.2. The Labute approximate surface area is 140 Å². The molecule has 0 spiro atoms. The van der Waals surface area contributed by atoms with E-state index in [2.05, 4.69) is 43.0 Å². The van der Waals surface area contributed by atoms with Crippen LogP contribution in [0.4, 0.5) is 23.1 Å². The van der Waals surface area contributed by atoms with E-state index in [-0.39, 0.29) is 0 Å². The first-order chi connectivity index (χ1) is 11.9. The molecule has 120 valence electrons. The molecule has 0 atom stereocenters. The van der Waals surface area contributed by atoms with Crippen molar-refractivity contribution in [2.45, 2.75) is 13.0 Å². The van der Waals surface area contributed by atoms with E-state index < -0.39 is 0 Å². The van der Waals surface area contributed by atoms with Crippen molar-refractivity contribution in [3.05, 3.63) is 66.1 Å². The summed E-state index contributed by atoms with van der Waals surface area (Å²) in [7, 11) is 0. The standard InChI is InChI=1S/C18H18N6/c1-2-8-19-15(3-1)12-22-17-7-10-21-18(24-17)23-14-4-5-16-13(11-14)6-9-20-16/h1-5,7-8,10-11,20H,6,9,12H2,(H2,21,22,23,24). The number of fused-ring (bicyclic) bond motifs is 1. The van der Waals surface area contributed by atoms with Gasteiger partial charge in [0.2, 0.25) is 5.95 Å². The zero-order valence-corrected chi connectivity index (χ0v) is 13.2. The van der Waals surface area contributed by atoms with Crippen LogP contribution in [0.3, 0.4) is 0 Å². The van der Waals surface area contributed by atoms with Gasteiger partial charge in [-0.05, 0) is 48.4 Å². The molecule has 0 radical (unpaired) electrons. The van der Waals surface area contributed by atoms with Crippen molar-refractivity contribution in [3.8, 4) is 0 Å². The Morgan fingerprint density at radius 1 is 1.04 bits per heavy atom. The molecule has 1 aliphatic rings. The number of pyridine rings is 1. The van der Waals surface area contributed by atoms with Crippen molar-refractivity contribution in [1.82, 2.24) is 15.0 Å². The first-order valence-electron chi connectivity index (χ1n) is 7.97. The fourth-order valence-corrected chi connectivity index (χ4v) is 2.71. The minimum Gasteiger partial charge on any atom is -0.384 e. The van der Waals surface area contributed by atoms with Crippen LogP contribution in [0.25, 0.3) is 0 Å². The van der Waals surface area contributed by atoms with Crippen molar-refractivity contribution in [2.75, 3.05) is 22.5 Å². The molecule has 3 aromatic rings. The number of nitrogens with one attached hydrogen (secondary N) is 3. The number of benzene rings is 1. The Morgan fingerprint density at radius 2 is 2.04 bits per heavy atom. The Kier molecular flexibility index (Phi) is 3.93. The summed E-state index contributed by atoms with van der Waals surface area (Å²) in [4.78, 5) is 13.1. The minimum atomic E-state index is 0.576. The summed E-state index contributed by atoms with van der Waals surface area (Å²) < 4.78 is 0. The topological polar surface area (TPSA) is 74.8 Å². The third kappa shape index (κ3) is 3.27. The Bertz CT molecular complexity index is 834. The summed E-state index contributed by atoms with van der Waals surface area (Å²) in [6.07, 6.45) is 4.58. The van der Waals surface area contributed by atoms with Gasteiger partial charge in [0.1, 0.15) is 5.82 Å². The van der Waals surface area contributed by atoms with Gasteiger partial charge in [-0.15, -0.1) is 0 Å². The summed E-state index contributed by atoms with van der Waals surface area (Å²) in [6, 6.07) is 14.0. The van der Waals surface area contributed by atoms with Gasteiger partial charge in [0, 0.05) is 30.3 Å². The minimum absolute atomic E-state index is 0.576. The van der Waals surface area contributed by atoms with Gasteiger partial charge >= 0.3 is 0 Å². The molecular weight excluding hydrogens is 300 g/mol. The van der Waals surface area contributed by atoms with Gasteiger partial charge in [0.25, 0.3) is 0 Å². The number of hydrogen-bond acceptors (Lipinski definition) is 6. The predicted octanol–water partition coefficient (Wildman–Crippen LogP) is 3.20. The smallest absolute Gasteiger partial charge is 0.229 e. The average molecular weight is 318 g/mol. The Hall–Kier alpha value is -3.15. The maximum Gasteiger partial charge on any atom is 0.229 e. The van der Waals surface area contributed by atoms with Gasteiger partial charge < -0.3 is 16.0 Å². The molecule has 4 rings (SSSR count). The normalized spacial score (nSPS) is 12.3. The molecule has 0 unspecified atom stereocenters. The van der Waals surface area contributed by atoms with E-state index >= 15 is 0 Å². The van der Waals surface area contributed by atoms with Crippen LogP contribution in [0.15, 0.2) is 54.9 Å². The van der Waals surface area contributed by atoms with Crippen LogP contribution >= 0.6 is 0 Å². The van der Waals surface area contributed by atoms with Crippen LogP contribution in [0, 0.1) is 0 Å². The zero-order valence-electron chi connectivity index (χ0n) is 13.2. The highest BCUT2D eigenvalue weighted by atomic mass is 15.1. The summed E-state index contributed by atoms with van der Waals surface area (Å²) in [5, 5.41) is 9.89. The second-order valence-electron chi connectivity index (χ2n) is 5.61. The molecule has 3 N–H and O–H groups in total. The highest BCUT2D eigenvalue weighted by Crippen LogP contribution is 2.26. The van der Waals surface area contributed by atoms with Crippen molar-refractivity contribution < 1.29 is 0 Å². The third-order valence-electron chi connectivity index (χ3n) is 3.90. The van der Waals surface area contributed by atoms with Crippen molar-refractivity contribution >= 4 is 23.1 Å². The first-order valence-corrected chi connectivity index (χ1v) is 7.97. The molecule has 0 saturated heterocycles. The quantitative estimate of drug-likeness (QED) is 0.671. The molecule has 0 fully saturated rings. The van der Waals surface area contributed by atoms with E-state index in [0.717, 1.165) is 30.2 Å². The second-order valence-corrected chi connectivity index (χ2v) is 5.61. The SMILES string of the molecule is c1ccc(CNc2ccnc(Nc3ccc4c(c3)CCN4)n2)nc1. The highest BCUT2D eigenvalue weighted by molar-refractivity contribution is 5.65. The third-order valence-corrected chi connectivity index (χ3v) is 3.90. The highest BCUT2D eigenvalue weighted by Gasteiger charge is 2.10. The van der Waals surface area contributed by atoms with Gasteiger partial charge in [0.15, 0.2) is 0 Å². The molecule has 0 bridgehead atoms. The van der Waals surface area contributed by atoms with Crippen LogP contribution in [0.1, 0.15) is 11.3 Å². The van der Waals surface area contributed by atoms with Crippen LogP contribution in [0.5, 0.6) is 0 Å². The maximum absolute atomic E-state index is 4.50. The van der Waals surface area contributed by atoms with Crippen molar-refractivity contribution in [1.29, 1.82) is 0 Å². The Morgan fingerprint density at radius 3 is 2.96 bits per heavy atom. The van der Waals surface area contributed by atoms with E-state index in [1.807, 2.05) is 30.3 Å².